The molecule has 12 heteroatoms. The highest BCUT2D eigenvalue weighted by Gasteiger charge is 2.42. The number of fused-ring (bicyclic) bond motifs is 2. The van der Waals surface area contributed by atoms with Crippen LogP contribution in [0.1, 0.15) is 246 Å². The van der Waals surface area contributed by atoms with Crippen molar-refractivity contribution >= 4 is 50.9 Å². The molecule has 4 heterocycles. The molecule has 5 aromatic rings. The highest BCUT2D eigenvalue weighted by Crippen LogP contribution is 2.52. The van der Waals surface area contributed by atoms with Crippen LogP contribution in [0.15, 0.2) is 48.7 Å². The molecule has 3 aromatic carbocycles. The Bertz CT molecular complexity index is 3060. The van der Waals surface area contributed by atoms with E-state index in [1.165, 1.54) is 121 Å². The first-order valence-corrected chi connectivity index (χ1v) is 32.9. The van der Waals surface area contributed by atoms with Crippen molar-refractivity contribution in [1.82, 2.24) is 20.3 Å². The summed E-state index contributed by atoms with van der Waals surface area (Å²) in [7, 11) is 0. The van der Waals surface area contributed by atoms with Gasteiger partial charge in [0.25, 0.3) is 0 Å². The largest absolute Gasteiger partial charge is 0.508 e. The molecule has 2 N–H and O–H groups in total. The highest BCUT2D eigenvalue weighted by molar-refractivity contribution is 6.07. The van der Waals surface area contributed by atoms with Crippen LogP contribution in [0.4, 0.5) is 15.9 Å². The number of phenols is 1. The minimum Gasteiger partial charge on any atom is -0.508 e. The van der Waals surface area contributed by atoms with Crippen molar-refractivity contribution in [2.45, 2.75) is 243 Å². The van der Waals surface area contributed by atoms with E-state index in [-0.39, 0.29) is 35.0 Å². The van der Waals surface area contributed by atoms with E-state index in [1.807, 2.05) is 19.9 Å². The van der Waals surface area contributed by atoms with Gasteiger partial charge in [0.15, 0.2) is 0 Å². The lowest BCUT2D eigenvalue weighted by atomic mass is 9.58. The van der Waals surface area contributed by atoms with Crippen molar-refractivity contribution in [2.24, 2.45) is 28.6 Å². The number of carbonyl (C=O) groups excluding carboxylic acids is 3. The number of piperidine rings is 2. The van der Waals surface area contributed by atoms with Gasteiger partial charge < -0.3 is 14.7 Å². The van der Waals surface area contributed by atoms with Gasteiger partial charge in [-0.25, -0.2) is 4.39 Å². The number of hydrogen-bond acceptors (Lipinski definition) is 9. The Labute approximate surface area is 510 Å². The standard InChI is InChI=1S/C32H33FN4O2.C23H34N2O3.C13H26.C5H12/c1-5-23-26(33)10-9-21-14-22(38)15-24(27(21)23)28-20(4)29-25(16-34-28)30(37-13-7-8-19(3)17-37)36-31(35-29)39-18-32(6-2)11-12-32;1-5-7-8-10-18(9-6-2)19-11-12-20(16(3)15-19)25(17(4)26)21-13-14-22(27)24-23(21)28;1-4-6-7-9-13(8-5-2)10-12(3)11-13;1-4-5(2)3/h1,9-10,14-16,19,38H,6-8,11-13,17-18H2,2-4H3;11-12,15,18,21H,5-10,13-14H2,1-4H3,(H,24,27,28);12H,4-11H2,1-3H3;5H,4H2,1-3H3. The number of ether oxygens (including phenoxy) is 1. The molecular formula is C73H105FN6O5. The molecule has 0 radical (unpaired) electrons. The minimum absolute atomic E-state index is 0.0531. The summed E-state index contributed by atoms with van der Waals surface area (Å²) in [6.45, 7) is 30.4. The molecule has 464 valence electrons. The lowest BCUT2D eigenvalue weighted by molar-refractivity contribution is -0.135. The summed E-state index contributed by atoms with van der Waals surface area (Å²) in [4.78, 5) is 54.7. The van der Waals surface area contributed by atoms with Gasteiger partial charge in [0, 0.05) is 60.2 Å². The summed E-state index contributed by atoms with van der Waals surface area (Å²) in [6, 6.07) is 12.1. The van der Waals surface area contributed by atoms with Crippen molar-refractivity contribution < 1.29 is 28.6 Å². The van der Waals surface area contributed by atoms with Gasteiger partial charge in [-0.05, 0) is 161 Å². The van der Waals surface area contributed by atoms with E-state index >= 15 is 0 Å². The summed E-state index contributed by atoms with van der Waals surface area (Å²) in [6.07, 6.45) is 34.1. The molecule has 3 unspecified atom stereocenters. The predicted molar refractivity (Wildman–Crippen MR) is 350 cm³/mol. The summed E-state index contributed by atoms with van der Waals surface area (Å²) in [5.74, 6) is 5.05. The number of imide groups is 1. The van der Waals surface area contributed by atoms with Gasteiger partial charge in [-0.2, -0.15) is 9.97 Å². The van der Waals surface area contributed by atoms with Gasteiger partial charge in [-0.3, -0.25) is 29.6 Å². The zero-order valence-electron chi connectivity index (χ0n) is 54.5. The average Bonchev–Trinajstić information content (AvgIpc) is 4.21. The molecule has 4 aliphatic rings. The number of benzene rings is 3. The van der Waals surface area contributed by atoms with Gasteiger partial charge in [-0.15, -0.1) is 6.42 Å². The molecule has 2 aromatic heterocycles. The number of aromatic nitrogens is 3. The Hall–Kier alpha value is -6.09. The fraction of sp³-hybridized carbons (Fsp3) is 0.616. The number of phenolic OH excluding ortho intramolecular Hbond substituents is 1. The number of rotatable bonds is 22. The van der Waals surface area contributed by atoms with Crippen molar-refractivity contribution in [3.05, 3.63) is 76.7 Å². The van der Waals surface area contributed by atoms with E-state index < -0.39 is 17.8 Å². The summed E-state index contributed by atoms with van der Waals surface area (Å²) < 4.78 is 21.0. The number of anilines is 2. The summed E-state index contributed by atoms with van der Waals surface area (Å²) in [5.41, 5.74) is 6.91. The van der Waals surface area contributed by atoms with Crippen LogP contribution >= 0.6 is 0 Å². The Morgan fingerprint density at radius 1 is 0.894 bits per heavy atom. The van der Waals surface area contributed by atoms with Crippen LogP contribution in [0.5, 0.6) is 11.8 Å². The van der Waals surface area contributed by atoms with Gasteiger partial charge >= 0.3 is 6.01 Å². The lowest BCUT2D eigenvalue weighted by Gasteiger charge is -2.47. The molecule has 11 nitrogen and oxygen atoms in total. The monoisotopic (exact) mass is 1160 g/mol. The first-order chi connectivity index (χ1) is 40.7. The normalized spacial score (nSPS) is 19.9. The van der Waals surface area contributed by atoms with Crippen LogP contribution in [0.3, 0.4) is 0 Å². The Morgan fingerprint density at radius 3 is 2.20 bits per heavy atom. The molecule has 9 rings (SSSR count). The van der Waals surface area contributed by atoms with Gasteiger partial charge in [0.2, 0.25) is 17.7 Å². The number of aromatic hydroxyl groups is 1. The Morgan fingerprint density at radius 2 is 1.61 bits per heavy atom. The van der Waals surface area contributed by atoms with Gasteiger partial charge in [0.1, 0.15) is 23.4 Å². The van der Waals surface area contributed by atoms with E-state index in [0.29, 0.717) is 52.9 Å². The number of carbonyl (C=O) groups is 3. The second-order valence-corrected chi connectivity index (χ2v) is 26.2. The molecule has 4 fully saturated rings. The van der Waals surface area contributed by atoms with Crippen molar-refractivity contribution in [3.63, 3.8) is 0 Å². The maximum absolute atomic E-state index is 14.8. The smallest absolute Gasteiger partial charge is 0.318 e. The number of aryl methyl sites for hydroxylation is 2. The second kappa shape index (κ2) is 32.1. The van der Waals surface area contributed by atoms with Crippen LogP contribution < -0.4 is 19.9 Å². The zero-order chi connectivity index (χ0) is 62.0. The molecule has 2 saturated heterocycles. The van der Waals surface area contributed by atoms with E-state index in [0.717, 1.165) is 89.6 Å². The van der Waals surface area contributed by atoms with Crippen molar-refractivity contribution in [1.29, 1.82) is 0 Å². The molecule has 2 saturated carbocycles. The minimum atomic E-state index is -0.629. The fourth-order valence-electron chi connectivity index (χ4n) is 13.3. The number of amides is 3. The third-order valence-electron chi connectivity index (χ3n) is 18.6. The molecule has 2 aliphatic carbocycles. The number of nitrogens with one attached hydrogen (secondary N) is 1. The van der Waals surface area contributed by atoms with Crippen molar-refractivity contribution in [3.8, 4) is 35.4 Å². The highest BCUT2D eigenvalue weighted by atomic mass is 19.1. The first-order valence-electron chi connectivity index (χ1n) is 32.9. The van der Waals surface area contributed by atoms with Crippen LogP contribution in [-0.4, -0.2) is 63.5 Å². The van der Waals surface area contributed by atoms with Gasteiger partial charge in [-0.1, -0.05) is 151 Å². The molecule has 3 atom stereocenters. The Balaban J connectivity index is 0.000000218. The SMILES string of the molecule is C#Cc1c(F)ccc2cc(O)cc(-c3ncc4c(N5CCCC(C)C5)nc(OCC5(CC)CC5)nc4c3C)c12.CCC(C)C.CCCCCC(CCC)c1ccc(N(C(C)=O)C2CCC(=O)NC2=O)c(C)c1.CCCCCC1(CCC)CC(C)C1. The van der Waals surface area contributed by atoms with Crippen LogP contribution in [-0.2, 0) is 14.4 Å². The molecule has 3 amide bonds. The van der Waals surface area contributed by atoms with Crippen LogP contribution in [0, 0.1) is 60.6 Å². The number of terminal acetylenes is 1. The van der Waals surface area contributed by atoms with E-state index in [2.05, 4.69) is 97.5 Å². The number of unbranched alkanes of at least 4 members (excludes halogenated alkanes) is 4. The topological polar surface area (TPSA) is 138 Å². The number of nitrogens with zero attached hydrogens (tertiary/aromatic N) is 5. The maximum atomic E-state index is 14.8. The molecule has 2 aliphatic heterocycles. The van der Waals surface area contributed by atoms with E-state index in [1.54, 1.807) is 29.3 Å². The van der Waals surface area contributed by atoms with Gasteiger partial charge in [0.05, 0.1) is 28.8 Å². The third kappa shape index (κ3) is 18.0. The number of pyridine rings is 1. The third-order valence-corrected chi connectivity index (χ3v) is 18.6. The number of hydrogen-bond donors (Lipinski definition) is 2. The lowest BCUT2D eigenvalue weighted by Crippen LogP contribution is -2.54. The molecule has 0 spiro atoms. The first kappa shape index (κ1) is 68.0. The summed E-state index contributed by atoms with van der Waals surface area (Å²) >= 11 is 0. The number of halogens is 1. The maximum Gasteiger partial charge on any atom is 0.318 e. The molecule has 0 bridgehead atoms. The second-order valence-electron chi connectivity index (χ2n) is 26.2. The molecule has 85 heavy (non-hydrogen) atoms. The molecular weight excluding hydrogens is 1060 g/mol. The van der Waals surface area contributed by atoms with Crippen LogP contribution in [0.25, 0.3) is 32.9 Å². The Kier molecular flexibility index (Phi) is 25.7. The van der Waals surface area contributed by atoms with Crippen molar-refractivity contribution in [2.75, 3.05) is 29.5 Å². The van der Waals surface area contributed by atoms with Crippen LogP contribution in [0.2, 0.25) is 0 Å². The van der Waals surface area contributed by atoms with E-state index in [4.69, 9.17) is 26.1 Å². The quantitative estimate of drug-likeness (QED) is 0.0394. The predicted octanol–water partition coefficient (Wildman–Crippen LogP) is 18.2. The zero-order valence-corrected chi connectivity index (χ0v) is 54.5. The fourth-order valence-corrected chi connectivity index (χ4v) is 13.3. The van der Waals surface area contributed by atoms with E-state index in [9.17, 15) is 23.9 Å². The summed E-state index contributed by atoms with van der Waals surface area (Å²) in [5, 5.41) is 14.9. The average molecular weight is 1170 g/mol.